The Hall–Kier alpha value is -1.71. The van der Waals surface area contributed by atoms with Crippen LogP contribution < -0.4 is 0 Å². The Bertz CT molecular complexity index is 1360. The van der Waals surface area contributed by atoms with Gasteiger partial charge in [-0.3, -0.25) is 4.68 Å². The van der Waals surface area contributed by atoms with Crippen LogP contribution in [0.15, 0.2) is 23.1 Å². The van der Waals surface area contributed by atoms with Gasteiger partial charge in [-0.1, -0.05) is 12.5 Å². The topological polar surface area (TPSA) is 81.9 Å². The van der Waals surface area contributed by atoms with E-state index in [0.717, 1.165) is 55.7 Å². The number of aliphatic hydroxyl groups is 1. The van der Waals surface area contributed by atoms with Gasteiger partial charge in [0.1, 0.15) is 6.17 Å². The molecular weight excluding hydrogens is 606 g/mol. The molecule has 0 spiro atoms. The second kappa shape index (κ2) is 13.7. The molecule has 5 rings (SSSR count). The number of rotatable bonds is 10. The standard InChI is InChI=1S/C29H41F4N5O3S2/c1-43(40,41)37-14-9-26-24(20-37)28(34-38(26)19-23(39)18-36-10-3-2-4-11-36)21-5-6-25(29(31,32)33)27(17-21)42-16-15-35-12-7-22(30)8-13-35/h5-6,17,22-23,39H,2-4,7-16,18-20H2,1H3/t23-/m0/s1. The third-order valence-corrected chi connectivity index (χ3v) is 10.9. The molecule has 2 aromatic rings. The van der Waals surface area contributed by atoms with Crippen molar-refractivity contribution in [3.05, 3.63) is 35.0 Å². The van der Waals surface area contributed by atoms with Crippen LogP contribution in [0.1, 0.15) is 48.9 Å². The number of hydrogen-bond acceptors (Lipinski definition) is 7. The zero-order valence-electron chi connectivity index (χ0n) is 24.5. The van der Waals surface area contributed by atoms with Crippen LogP contribution in [0.2, 0.25) is 0 Å². The second-order valence-electron chi connectivity index (χ2n) is 11.9. The molecule has 0 radical (unpaired) electrons. The van der Waals surface area contributed by atoms with Gasteiger partial charge in [-0.05, 0) is 50.9 Å². The number of piperidine rings is 2. The second-order valence-corrected chi connectivity index (χ2v) is 15.0. The Kier molecular flexibility index (Phi) is 10.4. The van der Waals surface area contributed by atoms with Crippen LogP contribution in [-0.4, -0.2) is 108 Å². The molecule has 3 aliphatic heterocycles. The molecule has 1 aromatic heterocycles. The van der Waals surface area contributed by atoms with Crippen molar-refractivity contribution in [3.8, 4) is 11.3 Å². The Morgan fingerprint density at radius 3 is 2.44 bits per heavy atom. The molecule has 1 aromatic carbocycles. The molecule has 1 N–H and O–H groups in total. The lowest BCUT2D eigenvalue weighted by atomic mass is 10.0. The van der Waals surface area contributed by atoms with Crippen molar-refractivity contribution in [3.63, 3.8) is 0 Å². The lowest BCUT2D eigenvalue weighted by Gasteiger charge is -2.29. The molecule has 43 heavy (non-hydrogen) atoms. The quantitative estimate of drug-likeness (QED) is 0.305. The fourth-order valence-electron chi connectivity index (χ4n) is 6.26. The predicted octanol–water partition coefficient (Wildman–Crippen LogP) is 4.26. The summed E-state index contributed by atoms with van der Waals surface area (Å²) in [5, 5.41) is 15.7. The van der Waals surface area contributed by atoms with E-state index in [1.165, 1.54) is 22.9 Å². The third-order valence-electron chi connectivity index (χ3n) is 8.61. The molecular formula is C29H41F4N5O3S2. The van der Waals surface area contributed by atoms with Gasteiger partial charge in [-0.25, -0.2) is 12.8 Å². The summed E-state index contributed by atoms with van der Waals surface area (Å²) in [6, 6.07) is 3.97. The molecule has 0 unspecified atom stereocenters. The molecule has 3 aliphatic rings. The predicted molar refractivity (Wildman–Crippen MR) is 159 cm³/mol. The molecule has 14 heteroatoms. The molecule has 2 saturated heterocycles. The fraction of sp³-hybridized carbons (Fsp3) is 0.690. The van der Waals surface area contributed by atoms with Gasteiger partial charge >= 0.3 is 6.18 Å². The Labute approximate surface area is 255 Å². The molecule has 0 aliphatic carbocycles. The van der Waals surface area contributed by atoms with Crippen LogP contribution in [0.5, 0.6) is 0 Å². The minimum absolute atomic E-state index is 0.0692. The highest BCUT2D eigenvalue weighted by Crippen LogP contribution is 2.40. The summed E-state index contributed by atoms with van der Waals surface area (Å²) in [5.74, 6) is 0.417. The monoisotopic (exact) mass is 647 g/mol. The van der Waals surface area contributed by atoms with Crippen LogP contribution in [-0.2, 0) is 35.7 Å². The van der Waals surface area contributed by atoms with Gasteiger partial charge in [0.25, 0.3) is 0 Å². The fourth-order valence-corrected chi connectivity index (χ4v) is 8.17. The Morgan fingerprint density at radius 1 is 1.05 bits per heavy atom. The van der Waals surface area contributed by atoms with Crippen molar-refractivity contribution in [2.45, 2.75) is 75.0 Å². The van der Waals surface area contributed by atoms with Gasteiger partial charge in [-0.2, -0.15) is 22.6 Å². The number of aromatic nitrogens is 2. The largest absolute Gasteiger partial charge is 0.417 e. The summed E-state index contributed by atoms with van der Waals surface area (Å²) < 4.78 is 83.5. The molecule has 2 fully saturated rings. The third kappa shape index (κ3) is 8.31. The van der Waals surface area contributed by atoms with E-state index in [0.29, 0.717) is 68.0 Å². The summed E-state index contributed by atoms with van der Waals surface area (Å²) >= 11 is 1.11. The van der Waals surface area contributed by atoms with E-state index in [9.17, 15) is 31.1 Å². The number of fused-ring (bicyclic) bond motifs is 1. The van der Waals surface area contributed by atoms with E-state index in [2.05, 4.69) is 9.80 Å². The number of β-amino-alcohol motifs (C(OH)–C–C–N with tert-alkyl or cyclic N) is 1. The van der Waals surface area contributed by atoms with Crippen LogP contribution in [0.25, 0.3) is 11.3 Å². The summed E-state index contributed by atoms with van der Waals surface area (Å²) in [7, 11) is -3.50. The van der Waals surface area contributed by atoms with Gasteiger partial charge in [-0.15, -0.1) is 11.8 Å². The maximum Gasteiger partial charge on any atom is 0.417 e. The van der Waals surface area contributed by atoms with Crippen molar-refractivity contribution < 1.29 is 31.1 Å². The molecule has 0 amide bonds. The number of benzene rings is 1. The van der Waals surface area contributed by atoms with E-state index in [-0.39, 0.29) is 24.5 Å². The zero-order valence-corrected chi connectivity index (χ0v) is 26.2. The van der Waals surface area contributed by atoms with Crippen molar-refractivity contribution in [2.24, 2.45) is 0 Å². The number of likely N-dealkylation sites (tertiary alicyclic amines) is 2. The van der Waals surface area contributed by atoms with Gasteiger partial charge in [0.2, 0.25) is 10.0 Å². The summed E-state index contributed by atoms with van der Waals surface area (Å²) in [6.07, 6.45) is -0.242. The first-order valence-corrected chi connectivity index (χ1v) is 17.9. The molecule has 1 atom stereocenters. The van der Waals surface area contributed by atoms with Gasteiger partial charge < -0.3 is 14.9 Å². The molecule has 240 valence electrons. The minimum atomic E-state index is -4.54. The van der Waals surface area contributed by atoms with Gasteiger partial charge in [0.05, 0.1) is 30.2 Å². The minimum Gasteiger partial charge on any atom is -0.390 e. The highest BCUT2D eigenvalue weighted by atomic mass is 32.2. The van der Waals surface area contributed by atoms with Crippen LogP contribution in [0.3, 0.4) is 0 Å². The maximum absolute atomic E-state index is 14.0. The van der Waals surface area contributed by atoms with Crippen molar-refractivity contribution in [2.75, 3.05) is 57.8 Å². The highest BCUT2D eigenvalue weighted by molar-refractivity contribution is 7.99. The van der Waals surface area contributed by atoms with Crippen molar-refractivity contribution in [1.29, 1.82) is 0 Å². The zero-order chi connectivity index (χ0) is 30.8. The number of aliphatic hydroxyl groups excluding tert-OH is 1. The summed E-state index contributed by atoms with van der Waals surface area (Å²) in [6.45, 7) is 4.68. The first-order chi connectivity index (χ1) is 20.4. The molecule has 4 heterocycles. The normalized spacial score (nSPS) is 20.8. The van der Waals surface area contributed by atoms with Crippen molar-refractivity contribution in [1.82, 2.24) is 23.9 Å². The molecule has 0 bridgehead atoms. The average molecular weight is 648 g/mol. The number of alkyl halides is 4. The first kappa shape index (κ1) is 32.7. The SMILES string of the molecule is CS(=O)(=O)N1CCc2c(c(-c3ccc(C(F)(F)F)c(SCCN4CCC(F)CC4)c3)nn2C[C@@H](O)CN2CCCCC2)C1. The van der Waals surface area contributed by atoms with Crippen molar-refractivity contribution >= 4 is 21.8 Å². The maximum atomic E-state index is 14.0. The number of halogens is 4. The highest BCUT2D eigenvalue weighted by Gasteiger charge is 2.35. The van der Waals surface area contributed by atoms with E-state index in [4.69, 9.17) is 5.10 Å². The smallest absolute Gasteiger partial charge is 0.390 e. The van der Waals surface area contributed by atoms with Crippen LogP contribution >= 0.6 is 11.8 Å². The number of sulfonamides is 1. The van der Waals surface area contributed by atoms with Crippen LogP contribution in [0.4, 0.5) is 17.6 Å². The average Bonchev–Trinajstić information content (AvgIpc) is 3.31. The van der Waals surface area contributed by atoms with Gasteiger partial charge in [0, 0.05) is 73.2 Å². The van der Waals surface area contributed by atoms with E-state index in [1.54, 1.807) is 4.68 Å². The molecule has 8 nitrogen and oxygen atoms in total. The van der Waals surface area contributed by atoms with Crippen LogP contribution in [0, 0.1) is 0 Å². The number of nitrogens with zero attached hydrogens (tertiary/aromatic N) is 5. The van der Waals surface area contributed by atoms with E-state index >= 15 is 0 Å². The first-order valence-electron chi connectivity index (χ1n) is 15.0. The number of hydrogen-bond donors (Lipinski definition) is 1. The van der Waals surface area contributed by atoms with Gasteiger partial charge in [0.15, 0.2) is 0 Å². The lowest BCUT2D eigenvalue weighted by Crippen LogP contribution is -2.39. The van der Waals surface area contributed by atoms with E-state index < -0.39 is 34.0 Å². The van der Waals surface area contributed by atoms with E-state index in [1.807, 2.05) is 0 Å². The Morgan fingerprint density at radius 2 is 1.77 bits per heavy atom. The lowest BCUT2D eigenvalue weighted by molar-refractivity contribution is -0.139. The molecule has 0 saturated carbocycles. The summed E-state index contributed by atoms with van der Waals surface area (Å²) in [4.78, 5) is 4.39. The Balaban J connectivity index is 1.42. The summed E-state index contributed by atoms with van der Waals surface area (Å²) in [5.41, 5.74) is 1.65. The number of thioether (sulfide) groups is 1.